The Labute approximate surface area is 147 Å². The number of rotatable bonds is 3. The van der Waals surface area contributed by atoms with Gasteiger partial charge in [-0.2, -0.15) is 0 Å². The van der Waals surface area contributed by atoms with Gasteiger partial charge in [0.15, 0.2) is 0 Å². The van der Waals surface area contributed by atoms with E-state index in [9.17, 15) is 4.79 Å². The molecule has 25 heavy (non-hydrogen) atoms. The highest BCUT2D eigenvalue weighted by molar-refractivity contribution is 5.54. The van der Waals surface area contributed by atoms with Crippen LogP contribution in [0.2, 0.25) is 0 Å². The second-order valence-corrected chi connectivity index (χ2v) is 8.01. The quantitative estimate of drug-likeness (QED) is 0.935. The Kier molecular flexibility index (Phi) is 3.52. The molecule has 1 saturated heterocycles. The van der Waals surface area contributed by atoms with Crippen LogP contribution in [0.5, 0.6) is 0 Å². The molecule has 1 aliphatic heterocycles. The second-order valence-electron chi connectivity index (χ2n) is 8.01. The van der Waals surface area contributed by atoms with Gasteiger partial charge in [-0.15, -0.1) is 0 Å². The molecular formula is C20H24N4O. The van der Waals surface area contributed by atoms with Crippen molar-refractivity contribution in [3.8, 4) is 11.4 Å². The van der Waals surface area contributed by atoms with Crippen molar-refractivity contribution in [2.75, 3.05) is 19.6 Å². The Hall–Kier alpha value is -2.01. The van der Waals surface area contributed by atoms with Gasteiger partial charge in [-0.1, -0.05) is 0 Å². The van der Waals surface area contributed by atoms with Crippen LogP contribution in [0, 0.1) is 5.92 Å². The van der Waals surface area contributed by atoms with Crippen LogP contribution in [-0.4, -0.2) is 39.5 Å². The highest BCUT2D eigenvalue weighted by Crippen LogP contribution is 2.45. The summed E-state index contributed by atoms with van der Waals surface area (Å²) in [5.41, 5.74) is 3.03. The molecule has 3 aliphatic rings. The number of piperidine rings is 1. The maximum atomic E-state index is 12.6. The third-order valence-corrected chi connectivity index (χ3v) is 6.33. The van der Waals surface area contributed by atoms with Crippen LogP contribution in [0.1, 0.15) is 43.4 Å². The van der Waals surface area contributed by atoms with Gasteiger partial charge < -0.3 is 9.88 Å². The van der Waals surface area contributed by atoms with Gasteiger partial charge in [-0.05, 0) is 69.7 Å². The zero-order valence-corrected chi connectivity index (χ0v) is 14.5. The van der Waals surface area contributed by atoms with Crippen molar-refractivity contribution in [3.05, 3.63) is 46.1 Å². The normalized spacial score (nSPS) is 22.2. The number of aromatic amines is 1. The number of hydrogen-bond acceptors (Lipinski definition) is 4. The third-order valence-electron chi connectivity index (χ3n) is 6.33. The monoisotopic (exact) mass is 336 g/mol. The fourth-order valence-corrected chi connectivity index (χ4v) is 4.61. The predicted molar refractivity (Wildman–Crippen MR) is 96.5 cm³/mol. The first-order chi connectivity index (χ1) is 12.2. The SMILES string of the molecule is O=c1[nH]c(-c2cccnc2)nc2c1CCC21CCN(CC2CC2)CC1. The highest BCUT2D eigenvalue weighted by atomic mass is 16.1. The molecule has 2 aliphatic carbocycles. The van der Waals surface area contributed by atoms with Crippen molar-refractivity contribution >= 4 is 0 Å². The number of nitrogens with one attached hydrogen (secondary N) is 1. The Bertz CT molecular complexity index is 833. The molecule has 0 aromatic carbocycles. The predicted octanol–water partition coefficient (Wildman–Crippen LogP) is 2.52. The molecule has 5 heteroatoms. The molecule has 2 aromatic rings. The third kappa shape index (κ3) is 2.71. The van der Waals surface area contributed by atoms with Gasteiger partial charge in [-0.3, -0.25) is 9.78 Å². The maximum absolute atomic E-state index is 12.6. The smallest absolute Gasteiger partial charge is 0.254 e. The molecular weight excluding hydrogens is 312 g/mol. The summed E-state index contributed by atoms with van der Waals surface area (Å²) in [4.78, 5) is 27.3. The van der Waals surface area contributed by atoms with Gasteiger partial charge in [0.25, 0.3) is 5.56 Å². The van der Waals surface area contributed by atoms with Crippen LogP contribution in [0.4, 0.5) is 0 Å². The Morgan fingerprint density at radius 1 is 1.24 bits per heavy atom. The summed E-state index contributed by atoms with van der Waals surface area (Å²) in [7, 11) is 0. The molecule has 1 N–H and O–H groups in total. The number of nitrogens with zero attached hydrogens (tertiary/aromatic N) is 3. The first-order valence-electron chi connectivity index (χ1n) is 9.50. The molecule has 0 bridgehead atoms. The molecule has 0 unspecified atom stereocenters. The first-order valence-corrected chi connectivity index (χ1v) is 9.50. The Morgan fingerprint density at radius 3 is 2.80 bits per heavy atom. The maximum Gasteiger partial charge on any atom is 0.254 e. The van der Waals surface area contributed by atoms with Crippen LogP contribution in [0.15, 0.2) is 29.3 Å². The fraction of sp³-hybridized carbons (Fsp3) is 0.550. The molecule has 2 fully saturated rings. The van der Waals surface area contributed by atoms with E-state index < -0.39 is 0 Å². The topological polar surface area (TPSA) is 61.9 Å². The number of fused-ring (bicyclic) bond motifs is 2. The van der Waals surface area contributed by atoms with E-state index in [2.05, 4.69) is 14.9 Å². The van der Waals surface area contributed by atoms with E-state index in [1.165, 1.54) is 19.4 Å². The average Bonchev–Trinajstić information content (AvgIpc) is 3.40. The van der Waals surface area contributed by atoms with Crippen molar-refractivity contribution < 1.29 is 0 Å². The van der Waals surface area contributed by atoms with Crippen molar-refractivity contribution in [3.63, 3.8) is 0 Å². The minimum atomic E-state index is 0.0427. The highest BCUT2D eigenvalue weighted by Gasteiger charge is 2.44. The molecule has 1 spiro atoms. The van der Waals surface area contributed by atoms with E-state index in [-0.39, 0.29) is 11.0 Å². The van der Waals surface area contributed by atoms with Crippen LogP contribution in [-0.2, 0) is 11.8 Å². The molecule has 0 amide bonds. The molecule has 5 rings (SSSR count). The summed E-state index contributed by atoms with van der Waals surface area (Å²) in [6.45, 7) is 3.56. The Balaban J connectivity index is 1.46. The summed E-state index contributed by atoms with van der Waals surface area (Å²) >= 11 is 0. The summed E-state index contributed by atoms with van der Waals surface area (Å²) in [6, 6.07) is 3.84. The molecule has 1 saturated carbocycles. The molecule has 2 aromatic heterocycles. The minimum absolute atomic E-state index is 0.0427. The number of H-pyrrole nitrogens is 1. The van der Waals surface area contributed by atoms with Gasteiger partial charge in [0, 0.05) is 35.5 Å². The largest absolute Gasteiger partial charge is 0.306 e. The molecule has 5 nitrogen and oxygen atoms in total. The summed E-state index contributed by atoms with van der Waals surface area (Å²) in [6.07, 6.45) is 10.5. The standard InChI is InChI=1S/C20H24N4O/c25-19-16-5-6-20(7-10-24(11-8-20)13-14-3-4-14)17(16)22-18(23-19)15-2-1-9-21-12-15/h1-2,9,12,14H,3-8,10-11,13H2,(H,22,23,25). The minimum Gasteiger partial charge on any atom is -0.306 e. The van der Waals surface area contributed by atoms with E-state index in [1.807, 2.05) is 12.1 Å². The van der Waals surface area contributed by atoms with E-state index in [0.717, 1.165) is 61.5 Å². The van der Waals surface area contributed by atoms with Crippen molar-refractivity contribution in [2.45, 2.75) is 43.9 Å². The number of pyridine rings is 1. The number of likely N-dealkylation sites (tertiary alicyclic amines) is 1. The lowest BCUT2D eigenvalue weighted by Gasteiger charge is -2.39. The van der Waals surface area contributed by atoms with Gasteiger partial charge in [-0.25, -0.2) is 4.98 Å². The fourth-order valence-electron chi connectivity index (χ4n) is 4.61. The molecule has 0 radical (unpaired) electrons. The average molecular weight is 336 g/mol. The van der Waals surface area contributed by atoms with E-state index in [4.69, 9.17) is 4.98 Å². The summed E-state index contributed by atoms with van der Waals surface area (Å²) in [5.74, 6) is 1.61. The second kappa shape index (κ2) is 5.77. The van der Waals surface area contributed by atoms with Crippen molar-refractivity contribution in [1.29, 1.82) is 0 Å². The van der Waals surface area contributed by atoms with Crippen LogP contribution < -0.4 is 5.56 Å². The van der Waals surface area contributed by atoms with Gasteiger partial charge in [0.05, 0.1) is 5.69 Å². The lowest BCUT2D eigenvalue weighted by atomic mass is 9.76. The summed E-state index contributed by atoms with van der Waals surface area (Å²) < 4.78 is 0. The zero-order valence-electron chi connectivity index (χ0n) is 14.5. The molecule has 130 valence electrons. The number of aromatic nitrogens is 3. The van der Waals surface area contributed by atoms with E-state index in [0.29, 0.717) is 5.82 Å². The Morgan fingerprint density at radius 2 is 2.08 bits per heavy atom. The lowest BCUT2D eigenvalue weighted by molar-refractivity contribution is 0.151. The van der Waals surface area contributed by atoms with E-state index >= 15 is 0 Å². The van der Waals surface area contributed by atoms with E-state index in [1.54, 1.807) is 12.4 Å². The van der Waals surface area contributed by atoms with Gasteiger partial charge >= 0.3 is 0 Å². The van der Waals surface area contributed by atoms with Crippen molar-refractivity contribution in [1.82, 2.24) is 19.9 Å². The lowest BCUT2D eigenvalue weighted by Crippen LogP contribution is -2.43. The molecule has 3 heterocycles. The van der Waals surface area contributed by atoms with Gasteiger partial charge in [0.1, 0.15) is 5.82 Å². The van der Waals surface area contributed by atoms with Gasteiger partial charge in [0.2, 0.25) is 0 Å². The van der Waals surface area contributed by atoms with Crippen LogP contribution in [0.25, 0.3) is 11.4 Å². The zero-order chi connectivity index (χ0) is 16.9. The molecule has 0 atom stereocenters. The summed E-state index contributed by atoms with van der Waals surface area (Å²) in [5, 5.41) is 0. The van der Waals surface area contributed by atoms with Crippen LogP contribution in [0.3, 0.4) is 0 Å². The number of hydrogen-bond donors (Lipinski definition) is 1. The van der Waals surface area contributed by atoms with Crippen molar-refractivity contribution in [2.24, 2.45) is 5.92 Å². The van der Waals surface area contributed by atoms with Crippen LogP contribution >= 0.6 is 0 Å². The first kappa shape index (κ1) is 15.3.